The number of carbonyl (C=O) groups is 2. The fourth-order valence-electron chi connectivity index (χ4n) is 6.23. The Morgan fingerprint density at radius 2 is 1.33 bits per heavy atom. The molecule has 6 rings (SSSR count). The van der Waals surface area contributed by atoms with Crippen molar-refractivity contribution in [3.05, 3.63) is 149 Å². The highest BCUT2D eigenvalue weighted by Gasteiger charge is 2.25. The summed E-state index contributed by atoms with van der Waals surface area (Å²) in [6.07, 6.45) is 1.71. The molecule has 6 heteroatoms. The molecule has 1 aliphatic rings. The number of anilines is 1. The summed E-state index contributed by atoms with van der Waals surface area (Å²) in [4.78, 5) is 29.8. The Labute approximate surface area is 283 Å². The summed E-state index contributed by atoms with van der Waals surface area (Å²) in [5.74, 6) is 1.69. The minimum absolute atomic E-state index is 0.0151. The number of carbonyl (C=O) groups excluding carboxylic acids is 2. The minimum Gasteiger partial charge on any atom is -0.490 e. The molecule has 0 bridgehead atoms. The molecule has 5 aromatic carbocycles. The van der Waals surface area contributed by atoms with E-state index in [-0.39, 0.29) is 17.9 Å². The van der Waals surface area contributed by atoms with Crippen molar-refractivity contribution in [2.75, 3.05) is 25.0 Å². The van der Waals surface area contributed by atoms with Gasteiger partial charge < -0.3 is 19.3 Å². The van der Waals surface area contributed by atoms with Crippen LogP contribution in [0.1, 0.15) is 55.8 Å². The molecule has 0 aliphatic carbocycles. The van der Waals surface area contributed by atoms with Gasteiger partial charge in [-0.15, -0.1) is 0 Å². The van der Waals surface area contributed by atoms with Crippen LogP contribution in [0.3, 0.4) is 0 Å². The number of nitrogens with zero attached hydrogens (tertiary/aromatic N) is 2. The van der Waals surface area contributed by atoms with Crippen LogP contribution >= 0.6 is 0 Å². The van der Waals surface area contributed by atoms with Gasteiger partial charge in [0.05, 0.1) is 0 Å². The maximum absolute atomic E-state index is 13.3. The van der Waals surface area contributed by atoms with E-state index in [1.165, 1.54) is 0 Å². The molecule has 0 atom stereocenters. The quantitative estimate of drug-likeness (QED) is 0.162. The van der Waals surface area contributed by atoms with Gasteiger partial charge in [-0.2, -0.15) is 0 Å². The van der Waals surface area contributed by atoms with Gasteiger partial charge in [-0.1, -0.05) is 72.3 Å². The van der Waals surface area contributed by atoms with E-state index < -0.39 is 0 Å². The average molecular weight is 639 g/mol. The van der Waals surface area contributed by atoms with E-state index in [1.807, 2.05) is 124 Å². The second-order valence-corrected chi connectivity index (χ2v) is 12.6. The van der Waals surface area contributed by atoms with Crippen LogP contribution in [-0.4, -0.2) is 43.0 Å². The Morgan fingerprint density at radius 3 is 1.96 bits per heavy atom. The molecule has 244 valence electrons. The molecule has 0 radical (unpaired) electrons. The van der Waals surface area contributed by atoms with E-state index in [0.717, 1.165) is 74.5 Å². The molecule has 5 aromatic rings. The lowest BCUT2D eigenvalue weighted by Gasteiger charge is -2.32. The summed E-state index contributed by atoms with van der Waals surface area (Å²) in [7, 11) is 1.81. The van der Waals surface area contributed by atoms with E-state index in [2.05, 4.69) is 24.3 Å². The number of hydrogen-bond donors (Lipinski definition) is 0. The first-order chi connectivity index (χ1) is 23.2. The zero-order valence-electron chi connectivity index (χ0n) is 28.1. The molecule has 1 saturated heterocycles. The zero-order valence-corrected chi connectivity index (χ0v) is 28.1. The number of piperidine rings is 1. The second-order valence-electron chi connectivity index (χ2n) is 12.6. The molecule has 0 unspecified atom stereocenters. The second kappa shape index (κ2) is 14.6. The number of aryl methyl sites for hydroxylation is 3. The number of ether oxygens (including phenoxy) is 2. The predicted molar refractivity (Wildman–Crippen MR) is 192 cm³/mol. The van der Waals surface area contributed by atoms with Crippen LogP contribution < -0.4 is 14.4 Å². The molecular weight excluding hydrogens is 596 g/mol. The molecule has 48 heavy (non-hydrogen) atoms. The maximum Gasteiger partial charge on any atom is 0.258 e. The smallest absolute Gasteiger partial charge is 0.258 e. The number of benzene rings is 5. The minimum atomic E-state index is -0.0151. The van der Waals surface area contributed by atoms with Crippen LogP contribution in [0.5, 0.6) is 11.5 Å². The number of amides is 2. The van der Waals surface area contributed by atoms with Crippen LogP contribution in [0, 0.1) is 20.8 Å². The Balaban J connectivity index is 0.994. The Hall–Kier alpha value is -5.36. The molecule has 1 aliphatic heterocycles. The average Bonchev–Trinajstić information content (AvgIpc) is 3.11. The molecule has 1 fully saturated rings. The molecule has 1 heterocycles. The van der Waals surface area contributed by atoms with Crippen LogP contribution in [0.4, 0.5) is 5.69 Å². The highest BCUT2D eigenvalue weighted by molar-refractivity contribution is 6.08. The lowest BCUT2D eigenvalue weighted by Crippen LogP contribution is -2.41. The van der Waals surface area contributed by atoms with Gasteiger partial charge in [0, 0.05) is 49.8 Å². The van der Waals surface area contributed by atoms with Gasteiger partial charge in [0.1, 0.15) is 24.2 Å². The molecule has 2 amide bonds. The largest absolute Gasteiger partial charge is 0.490 e. The standard InChI is InChI=1S/C42H42N2O4/c1-29-10-14-34(15-11-29)41(45)44-24-22-39(23-25-44)48-38-18-12-32(13-19-38)28-47-37-20-16-33(17-21-37)35-26-30(2)40(31(3)27-35)42(46)43(4)36-8-6-5-7-9-36/h5-21,26-27,39H,22-25,28H2,1-4H3. The molecule has 0 spiro atoms. The third-order valence-corrected chi connectivity index (χ3v) is 9.04. The summed E-state index contributed by atoms with van der Waals surface area (Å²) in [6.45, 7) is 7.85. The van der Waals surface area contributed by atoms with E-state index >= 15 is 0 Å². The first-order valence-electron chi connectivity index (χ1n) is 16.5. The van der Waals surface area contributed by atoms with Gasteiger partial charge in [-0.3, -0.25) is 9.59 Å². The lowest BCUT2D eigenvalue weighted by atomic mass is 9.94. The summed E-state index contributed by atoms with van der Waals surface area (Å²) >= 11 is 0. The summed E-state index contributed by atoms with van der Waals surface area (Å²) in [5.41, 5.74) is 8.57. The van der Waals surface area contributed by atoms with Gasteiger partial charge in [0.15, 0.2) is 0 Å². The van der Waals surface area contributed by atoms with Crippen LogP contribution in [0.15, 0.2) is 115 Å². The van der Waals surface area contributed by atoms with E-state index in [0.29, 0.717) is 19.7 Å². The van der Waals surface area contributed by atoms with Crippen LogP contribution in [0.25, 0.3) is 11.1 Å². The molecule has 0 saturated carbocycles. The summed E-state index contributed by atoms with van der Waals surface area (Å²) in [6, 6.07) is 37.7. The van der Waals surface area contributed by atoms with Gasteiger partial charge in [0.25, 0.3) is 11.8 Å². The fraction of sp³-hybridized carbons (Fsp3) is 0.238. The predicted octanol–water partition coefficient (Wildman–Crippen LogP) is 8.82. The number of hydrogen-bond acceptors (Lipinski definition) is 4. The third-order valence-electron chi connectivity index (χ3n) is 9.04. The topological polar surface area (TPSA) is 59.1 Å². The third kappa shape index (κ3) is 7.60. The number of para-hydroxylation sites is 1. The van der Waals surface area contributed by atoms with E-state index in [9.17, 15) is 9.59 Å². The number of likely N-dealkylation sites (tertiary alicyclic amines) is 1. The Morgan fingerprint density at radius 1 is 0.729 bits per heavy atom. The van der Waals surface area contributed by atoms with Crippen molar-refractivity contribution in [1.29, 1.82) is 0 Å². The number of rotatable bonds is 9. The van der Waals surface area contributed by atoms with Crippen LogP contribution in [0.2, 0.25) is 0 Å². The van der Waals surface area contributed by atoms with E-state index in [1.54, 1.807) is 4.90 Å². The van der Waals surface area contributed by atoms with Gasteiger partial charge >= 0.3 is 0 Å². The fourth-order valence-corrected chi connectivity index (χ4v) is 6.23. The molecular formula is C42H42N2O4. The molecule has 0 aromatic heterocycles. The highest BCUT2D eigenvalue weighted by atomic mass is 16.5. The van der Waals surface area contributed by atoms with Gasteiger partial charge in [0.2, 0.25) is 0 Å². The normalized spacial score (nSPS) is 13.2. The monoisotopic (exact) mass is 638 g/mol. The van der Waals surface area contributed by atoms with Crippen molar-refractivity contribution in [2.24, 2.45) is 0 Å². The first-order valence-corrected chi connectivity index (χ1v) is 16.5. The van der Waals surface area contributed by atoms with Crippen molar-refractivity contribution < 1.29 is 19.1 Å². The molecule has 0 N–H and O–H groups in total. The van der Waals surface area contributed by atoms with Crippen molar-refractivity contribution in [3.8, 4) is 22.6 Å². The van der Waals surface area contributed by atoms with Crippen molar-refractivity contribution in [2.45, 2.75) is 46.3 Å². The zero-order chi connectivity index (χ0) is 33.6. The van der Waals surface area contributed by atoms with Gasteiger partial charge in [-0.05, 0) is 97.1 Å². The lowest BCUT2D eigenvalue weighted by molar-refractivity contribution is 0.0595. The SMILES string of the molecule is Cc1ccc(C(=O)N2CCC(Oc3ccc(COc4ccc(-c5cc(C)c(C(=O)N(C)c6ccccc6)c(C)c5)cc4)cc3)CC2)cc1. The van der Waals surface area contributed by atoms with Crippen molar-refractivity contribution >= 4 is 17.5 Å². The van der Waals surface area contributed by atoms with Gasteiger partial charge in [-0.25, -0.2) is 0 Å². The highest BCUT2D eigenvalue weighted by Crippen LogP contribution is 2.29. The summed E-state index contributed by atoms with van der Waals surface area (Å²) < 4.78 is 12.3. The first kappa shape index (κ1) is 32.6. The van der Waals surface area contributed by atoms with Crippen molar-refractivity contribution in [1.82, 2.24) is 4.90 Å². The Bertz CT molecular complexity index is 1840. The molecule has 6 nitrogen and oxygen atoms in total. The van der Waals surface area contributed by atoms with Crippen LogP contribution in [-0.2, 0) is 6.61 Å². The van der Waals surface area contributed by atoms with E-state index in [4.69, 9.17) is 9.47 Å². The summed E-state index contributed by atoms with van der Waals surface area (Å²) in [5, 5.41) is 0. The maximum atomic E-state index is 13.3. The van der Waals surface area contributed by atoms with Crippen molar-refractivity contribution in [3.63, 3.8) is 0 Å². The Kier molecular flexibility index (Phi) is 9.91.